The molecule has 0 bridgehead atoms. The van der Waals surface area contributed by atoms with Gasteiger partial charge in [-0.15, -0.1) is 0 Å². The number of aryl methyl sites for hydroxylation is 1. The topological polar surface area (TPSA) is 71.1 Å². The van der Waals surface area contributed by atoms with E-state index in [0.29, 0.717) is 25.9 Å². The number of carbonyl (C=O) groups excluding carboxylic acids is 2. The van der Waals surface area contributed by atoms with Crippen LogP contribution in [0.1, 0.15) is 37.3 Å². The molecule has 1 fully saturated rings. The van der Waals surface area contributed by atoms with E-state index < -0.39 is 5.54 Å². The third kappa shape index (κ3) is 6.50. The number of carbonyl (C=O) groups is 2. The van der Waals surface area contributed by atoms with Crippen LogP contribution >= 0.6 is 0 Å². The maximum atomic E-state index is 13.0. The van der Waals surface area contributed by atoms with Gasteiger partial charge in [0, 0.05) is 38.8 Å². The van der Waals surface area contributed by atoms with Gasteiger partial charge in [-0.3, -0.25) is 4.90 Å². The fraction of sp³-hybridized carbons (Fsp3) is 0.481. The molecule has 0 saturated carbocycles. The van der Waals surface area contributed by atoms with Crippen molar-refractivity contribution >= 4 is 12.3 Å². The summed E-state index contributed by atoms with van der Waals surface area (Å²) in [6, 6.07) is 15.9. The van der Waals surface area contributed by atoms with Crippen LogP contribution in [0.15, 0.2) is 48.5 Å². The van der Waals surface area contributed by atoms with Gasteiger partial charge in [-0.2, -0.15) is 0 Å². The first kappa shape index (κ1) is 25.6. The molecule has 2 aromatic rings. The Morgan fingerprint density at radius 2 is 1.71 bits per heavy atom. The zero-order valence-electron chi connectivity index (χ0n) is 20.6. The second-order valence-electron chi connectivity index (χ2n) is 8.78. The Morgan fingerprint density at radius 3 is 2.26 bits per heavy atom. The molecule has 0 aliphatic carbocycles. The largest absolute Gasteiger partial charge is 0.497 e. The maximum Gasteiger partial charge on any atom is 0.318 e. The molecule has 2 aromatic carbocycles. The van der Waals surface area contributed by atoms with Crippen molar-refractivity contribution in [1.29, 1.82) is 0 Å². The molecule has 34 heavy (non-hydrogen) atoms. The van der Waals surface area contributed by atoms with Crippen molar-refractivity contribution in [2.24, 2.45) is 0 Å². The van der Waals surface area contributed by atoms with E-state index in [9.17, 15) is 9.59 Å². The number of aldehydes is 1. The fourth-order valence-corrected chi connectivity index (χ4v) is 4.65. The van der Waals surface area contributed by atoms with E-state index in [1.165, 1.54) is 5.56 Å². The third-order valence-corrected chi connectivity index (χ3v) is 6.62. The van der Waals surface area contributed by atoms with Crippen molar-refractivity contribution in [3.8, 4) is 11.5 Å². The Morgan fingerprint density at radius 1 is 1.06 bits per heavy atom. The minimum absolute atomic E-state index is 0.159. The normalized spacial score (nSPS) is 15.4. The second kappa shape index (κ2) is 12.4. The summed E-state index contributed by atoms with van der Waals surface area (Å²) in [5, 5.41) is 3.02. The number of amides is 2. The third-order valence-electron chi connectivity index (χ3n) is 6.62. The first-order chi connectivity index (χ1) is 16.5. The molecule has 0 atom stereocenters. The van der Waals surface area contributed by atoms with Gasteiger partial charge in [0.25, 0.3) is 0 Å². The lowest BCUT2D eigenvalue weighted by Crippen LogP contribution is -2.60. The summed E-state index contributed by atoms with van der Waals surface area (Å²) in [4.78, 5) is 29.3. The number of likely N-dealkylation sites (tertiary alicyclic amines) is 1. The maximum absolute atomic E-state index is 13.0. The first-order valence-corrected chi connectivity index (χ1v) is 12.0. The number of rotatable bonds is 11. The Balaban J connectivity index is 1.54. The van der Waals surface area contributed by atoms with Gasteiger partial charge in [0.15, 0.2) is 0 Å². The molecule has 0 radical (unpaired) electrons. The van der Waals surface area contributed by atoms with Crippen LogP contribution in [0.25, 0.3) is 0 Å². The number of benzene rings is 2. The van der Waals surface area contributed by atoms with Gasteiger partial charge in [-0.1, -0.05) is 30.3 Å². The van der Waals surface area contributed by atoms with Crippen LogP contribution < -0.4 is 14.8 Å². The molecular formula is C27H37N3O4. The van der Waals surface area contributed by atoms with Crippen LogP contribution in [-0.2, 0) is 17.8 Å². The first-order valence-electron chi connectivity index (χ1n) is 12.0. The molecule has 0 spiro atoms. The summed E-state index contributed by atoms with van der Waals surface area (Å²) in [5.41, 5.74) is 1.59. The highest BCUT2D eigenvalue weighted by atomic mass is 16.5. The number of ether oxygens (including phenoxy) is 2. The molecule has 184 valence electrons. The number of piperidine rings is 1. The highest BCUT2D eigenvalue weighted by molar-refractivity contribution is 5.80. The molecule has 1 saturated heterocycles. The summed E-state index contributed by atoms with van der Waals surface area (Å²) in [7, 11) is 3.29. The minimum atomic E-state index is -0.763. The van der Waals surface area contributed by atoms with Crippen molar-refractivity contribution < 1.29 is 19.1 Å². The van der Waals surface area contributed by atoms with E-state index in [1.54, 1.807) is 19.1 Å². The standard InChI is InChI=1S/C27H37N3O4/c1-4-30(26(32)28-14-8-11-22-9-6-5-7-10-22)27(21-31)12-15-29(16-13-27)20-23-17-24(33-2)19-25(18-23)34-3/h5-7,9-10,17-19,21H,4,8,11-16,20H2,1-3H3,(H,28,32). The van der Waals surface area contributed by atoms with Gasteiger partial charge in [-0.25, -0.2) is 4.79 Å². The number of urea groups is 1. The summed E-state index contributed by atoms with van der Waals surface area (Å²) in [6.07, 6.45) is 3.98. The smallest absolute Gasteiger partial charge is 0.318 e. The van der Waals surface area contributed by atoms with Crippen molar-refractivity contribution in [3.05, 3.63) is 59.7 Å². The predicted octanol–water partition coefficient (Wildman–Crippen LogP) is 3.90. The minimum Gasteiger partial charge on any atom is -0.497 e. The van der Waals surface area contributed by atoms with Gasteiger partial charge < -0.3 is 24.5 Å². The van der Waals surface area contributed by atoms with E-state index in [0.717, 1.165) is 55.8 Å². The predicted molar refractivity (Wildman–Crippen MR) is 133 cm³/mol. The van der Waals surface area contributed by atoms with Gasteiger partial charge in [0.05, 0.1) is 14.2 Å². The Bertz CT molecular complexity index is 904. The Labute approximate surface area is 203 Å². The number of nitrogens with one attached hydrogen (secondary N) is 1. The number of hydrogen-bond acceptors (Lipinski definition) is 5. The lowest BCUT2D eigenvalue weighted by atomic mass is 9.87. The van der Waals surface area contributed by atoms with Gasteiger partial charge in [0.2, 0.25) is 0 Å². The lowest BCUT2D eigenvalue weighted by Gasteiger charge is -2.45. The van der Waals surface area contributed by atoms with Crippen LogP contribution in [0.3, 0.4) is 0 Å². The van der Waals surface area contributed by atoms with Crippen molar-refractivity contribution in [2.45, 2.75) is 44.7 Å². The number of hydrogen-bond donors (Lipinski definition) is 1. The quantitative estimate of drug-likeness (QED) is 0.401. The van der Waals surface area contributed by atoms with Gasteiger partial charge >= 0.3 is 6.03 Å². The lowest BCUT2D eigenvalue weighted by molar-refractivity contribution is -0.119. The highest BCUT2D eigenvalue weighted by Gasteiger charge is 2.41. The van der Waals surface area contributed by atoms with Gasteiger partial charge in [0.1, 0.15) is 23.3 Å². The van der Waals surface area contributed by atoms with Crippen LogP contribution in [-0.4, -0.2) is 68.1 Å². The Hall–Kier alpha value is -3.06. The zero-order valence-corrected chi connectivity index (χ0v) is 20.6. The van der Waals surface area contributed by atoms with Crippen molar-refractivity contribution in [1.82, 2.24) is 15.1 Å². The van der Waals surface area contributed by atoms with E-state index in [2.05, 4.69) is 22.3 Å². The second-order valence-corrected chi connectivity index (χ2v) is 8.78. The molecule has 1 N–H and O–H groups in total. The summed E-state index contributed by atoms with van der Waals surface area (Å²) in [6.45, 7) is 5.22. The van der Waals surface area contributed by atoms with Gasteiger partial charge in [-0.05, 0) is 55.9 Å². The Kier molecular flexibility index (Phi) is 9.33. The zero-order chi connectivity index (χ0) is 24.4. The molecule has 2 amide bonds. The number of likely N-dealkylation sites (N-methyl/N-ethyl adjacent to an activating group) is 1. The van der Waals surface area contributed by atoms with Crippen molar-refractivity contribution in [2.75, 3.05) is 40.4 Å². The molecule has 1 aliphatic heterocycles. The fourth-order valence-electron chi connectivity index (χ4n) is 4.65. The van der Waals surface area contributed by atoms with Crippen LogP contribution in [0.5, 0.6) is 11.5 Å². The monoisotopic (exact) mass is 467 g/mol. The van der Waals surface area contributed by atoms with Crippen LogP contribution in [0.2, 0.25) is 0 Å². The molecule has 7 nitrogen and oxygen atoms in total. The molecule has 1 heterocycles. The van der Waals surface area contributed by atoms with Crippen LogP contribution in [0, 0.1) is 0 Å². The van der Waals surface area contributed by atoms with Crippen LogP contribution in [0.4, 0.5) is 4.79 Å². The summed E-state index contributed by atoms with van der Waals surface area (Å²) >= 11 is 0. The molecule has 0 unspecified atom stereocenters. The molecule has 1 aliphatic rings. The van der Waals surface area contributed by atoms with E-state index in [4.69, 9.17) is 9.47 Å². The number of methoxy groups -OCH3 is 2. The van der Waals surface area contributed by atoms with E-state index in [1.807, 2.05) is 43.3 Å². The average molecular weight is 468 g/mol. The summed E-state index contributed by atoms with van der Waals surface area (Å²) < 4.78 is 10.8. The molecule has 3 rings (SSSR count). The summed E-state index contributed by atoms with van der Waals surface area (Å²) in [5.74, 6) is 1.52. The highest BCUT2D eigenvalue weighted by Crippen LogP contribution is 2.29. The molecule has 0 aromatic heterocycles. The molecule has 7 heteroatoms. The van der Waals surface area contributed by atoms with E-state index >= 15 is 0 Å². The SMILES string of the molecule is CCN(C(=O)NCCCc1ccccc1)C1(C=O)CCN(Cc2cc(OC)cc(OC)c2)CC1. The molecular weight excluding hydrogens is 430 g/mol. The van der Waals surface area contributed by atoms with Crippen molar-refractivity contribution in [3.63, 3.8) is 0 Å². The van der Waals surface area contributed by atoms with E-state index in [-0.39, 0.29) is 6.03 Å². The number of nitrogens with zero attached hydrogens (tertiary/aromatic N) is 2. The average Bonchev–Trinajstić information content (AvgIpc) is 2.88.